The number of amides is 1. The summed E-state index contributed by atoms with van der Waals surface area (Å²) in [6, 6.07) is 0. The largest absolute Gasteiger partial charge is 0.377 e. The van der Waals surface area contributed by atoms with Gasteiger partial charge in [-0.2, -0.15) is 0 Å². The number of rotatable bonds is 6. The van der Waals surface area contributed by atoms with Gasteiger partial charge in [-0.3, -0.25) is 9.69 Å². The Morgan fingerprint density at radius 1 is 1.65 bits per heavy atom. The Balaban J connectivity index is 1.93. The quantitative estimate of drug-likeness (QED) is 0.813. The molecule has 0 aliphatic carbocycles. The van der Waals surface area contributed by atoms with Gasteiger partial charge in [0, 0.05) is 45.6 Å². The number of hydrogen-bond donors (Lipinski definition) is 2. The van der Waals surface area contributed by atoms with Crippen LogP contribution in [-0.4, -0.2) is 53.6 Å². The molecule has 0 saturated carbocycles. The van der Waals surface area contributed by atoms with E-state index in [-0.39, 0.29) is 11.5 Å². The van der Waals surface area contributed by atoms with Gasteiger partial charge in [0.15, 0.2) is 0 Å². The molecule has 20 heavy (non-hydrogen) atoms. The summed E-state index contributed by atoms with van der Waals surface area (Å²) in [5.74, 6) is 0.0760. The van der Waals surface area contributed by atoms with E-state index in [4.69, 9.17) is 4.74 Å². The van der Waals surface area contributed by atoms with Crippen LogP contribution in [0.15, 0.2) is 12.5 Å². The zero-order valence-corrected chi connectivity index (χ0v) is 12.3. The Hall–Kier alpha value is -1.40. The van der Waals surface area contributed by atoms with Gasteiger partial charge in [0.05, 0.1) is 11.9 Å². The maximum Gasteiger partial charge on any atom is 0.219 e. The van der Waals surface area contributed by atoms with Gasteiger partial charge in [-0.1, -0.05) is 0 Å². The smallest absolute Gasteiger partial charge is 0.219 e. The summed E-state index contributed by atoms with van der Waals surface area (Å²) >= 11 is 0. The summed E-state index contributed by atoms with van der Waals surface area (Å²) in [6.45, 7) is 2.77. The number of imidazole rings is 1. The Kier molecular flexibility index (Phi) is 5.14. The molecule has 2 heterocycles. The van der Waals surface area contributed by atoms with E-state index in [1.807, 2.05) is 6.20 Å². The molecule has 1 aromatic heterocycles. The van der Waals surface area contributed by atoms with Crippen LogP contribution >= 0.6 is 0 Å². The van der Waals surface area contributed by atoms with Crippen molar-refractivity contribution < 1.29 is 9.53 Å². The number of piperidine rings is 1. The number of hydrogen-bond acceptors (Lipinski definition) is 4. The minimum Gasteiger partial charge on any atom is -0.377 e. The van der Waals surface area contributed by atoms with Gasteiger partial charge in [0.25, 0.3) is 0 Å². The van der Waals surface area contributed by atoms with Crippen LogP contribution in [0.5, 0.6) is 0 Å². The van der Waals surface area contributed by atoms with Crippen molar-refractivity contribution in [2.24, 2.45) is 0 Å². The Morgan fingerprint density at radius 3 is 3.15 bits per heavy atom. The number of nitrogens with zero attached hydrogens (tertiary/aromatic N) is 2. The predicted molar refractivity (Wildman–Crippen MR) is 76.1 cm³/mol. The lowest BCUT2D eigenvalue weighted by Crippen LogP contribution is -2.49. The third-order valence-corrected chi connectivity index (χ3v) is 4.09. The number of nitrogens with one attached hydrogen (secondary N) is 2. The van der Waals surface area contributed by atoms with Crippen LogP contribution in [0.2, 0.25) is 0 Å². The normalized spacial score (nSPS) is 23.7. The topological polar surface area (TPSA) is 70.2 Å². The van der Waals surface area contributed by atoms with Crippen LogP contribution < -0.4 is 5.32 Å². The average Bonchev–Trinajstić information content (AvgIpc) is 2.98. The fourth-order valence-electron chi connectivity index (χ4n) is 2.88. The molecule has 2 N–H and O–H groups in total. The first-order valence-electron chi connectivity index (χ1n) is 7.13. The highest BCUT2D eigenvalue weighted by molar-refractivity contribution is 5.75. The molecular weight excluding hydrogens is 256 g/mol. The van der Waals surface area contributed by atoms with E-state index in [1.165, 1.54) is 0 Å². The Labute approximate surface area is 119 Å². The number of likely N-dealkylation sites (tertiary alicyclic amines) is 1. The lowest BCUT2D eigenvalue weighted by atomic mass is 9.87. The highest BCUT2D eigenvalue weighted by atomic mass is 16.5. The van der Waals surface area contributed by atoms with Crippen molar-refractivity contribution in [1.82, 2.24) is 20.2 Å². The van der Waals surface area contributed by atoms with E-state index in [0.717, 1.165) is 44.6 Å². The van der Waals surface area contributed by atoms with Crippen molar-refractivity contribution in [1.29, 1.82) is 0 Å². The molecule has 1 aliphatic rings. The van der Waals surface area contributed by atoms with Gasteiger partial charge >= 0.3 is 0 Å². The minimum atomic E-state index is -0.204. The molecule has 0 radical (unpaired) electrons. The fourth-order valence-corrected chi connectivity index (χ4v) is 2.88. The zero-order valence-electron chi connectivity index (χ0n) is 12.3. The van der Waals surface area contributed by atoms with Crippen LogP contribution in [-0.2, 0) is 16.1 Å². The van der Waals surface area contributed by atoms with Gasteiger partial charge in [-0.05, 0) is 25.8 Å². The lowest BCUT2D eigenvalue weighted by Gasteiger charge is -2.41. The minimum absolute atomic E-state index is 0.0760. The molecule has 1 aromatic rings. The zero-order chi connectivity index (χ0) is 14.4. The Bertz CT molecular complexity index is 421. The number of methoxy groups -OCH3 is 1. The molecule has 0 unspecified atom stereocenters. The van der Waals surface area contributed by atoms with Gasteiger partial charge in [0.1, 0.15) is 0 Å². The van der Waals surface area contributed by atoms with E-state index < -0.39 is 0 Å². The summed E-state index contributed by atoms with van der Waals surface area (Å²) in [6.07, 6.45) is 6.95. The molecule has 1 saturated heterocycles. The molecular formula is C14H24N4O2. The van der Waals surface area contributed by atoms with E-state index in [0.29, 0.717) is 6.42 Å². The van der Waals surface area contributed by atoms with E-state index in [2.05, 4.69) is 20.2 Å². The van der Waals surface area contributed by atoms with Crippen molar-refractivity contribution in [3.05, 3.63) is 18.2 Å². The lowest BCUT2D eigenvalue weighted by molar-refractivity contribution is -0.124. The van der Waals surface area contributed by atoms with Gasteiger partial charge < -0.3 is 15.0 Å². The van der Waals surface area contributed by atoms with Crippen LogP contribution in [0.4, 0.5) is 0 Å². The maximum absolute atomic E-state index is 11.5. The number of aromatic amines is 1. The van der Waals surface area contributed by atoms with E-state index in [1.54, 1.807) is 20.5 Å². The number of carbonyl (C=O) groups is 1. The summed E-state index contributed by atoms with van der Waals surface area (Å²) < 4.78 is 5.78. The summed E-state index contributed by atoms with van der Waals surface area (Å²) in [5.41, 5.74) is 0.910. The van der Waals surface area contributed by atoms with Crippen molar-refractivity contribution in [3.63, 3.8) is 0 Å². The van der Waals surface area contributed by atoms with Crippen LogP contribution in [0.3, 0.4) is 0 Å². The number of aromatic nitrogens is 2. The van der Waals surface area contributed by atoms with Gasteiger partial charge in [-0.15, -0.1) is 0 Å². The Morgan fingerprint density at radius 2 is 2.50 bits per heavy atom. The summed E-state index contributed by atoms with van der Waals surface area (Å²) in [7, 11) is 3.43. The highest BCUT2D eigenvalue weighted by Gasteiger charge is 2.35. The highest BCUT2D eigenvalue weighted by Crippen LogP contribution is 2.29. The fraction of sp³-hybridized carbons (Fsp3) is 0.714. The summed E-state index contributed by atoms with van der Waals surface area (Å²) in [5, 5.41) is 2.67. The first-order chi connectivity index (χ1) is 9.67. The molecule has 112 valence electrons. The molecule has 6 heteroatoms. The molecule has 1 aliphatic heterocycles. The molecule has 0 aromatic carbocycles. The van der Waals surface area contributed by atoms with Crippen LogP contribution in [0.1, 0.15) is 31.4 Å². The van der Waals surface area contributed by atoms with E-state index >= 15 is 0 Å². The summed E-state index contributed by atoms with van der Waals surface area (Å²) in [4.78, 5) is 21.0. The third-order valence-electron chi connectivity index (χ3n) is 4.09. The van der Waals surface area contributed by atoms with Crippen molar-refractivity contribution in [2.45, 2.75) is 37.8 Å². The molecule has 2 rings (SSSR count). The van der Waals surface area contributed by atoms with Gasteiger partial charge in [-0.25, -0.2) is 4.98 Å². The molecule has 1 fully saturated rings. The van der Waals surface area contributed by atoms with Crippen molar-refractivity contribution in [2.75, 3.05) is 27.2 Å². The molecule has 0 spiro atoms. The van der Waals surface area contributed by atoms with Gasteiger partial charge in [0.2, 0.25) is 5.91 Å². The van der Waals surface area contributed by atoms with Crippen molar-refractivity contribution in [3.8, 4) is 0 Å². The number of H-pyrrole nitrogens is 1. The molecule has 1 amide bonds. The second-order valence-corrected chi connectivity index (χ2v) is 5.45. The maximum atomic E-state index is 11.5. The van der Waals surface area contributed by atoms with Crippen LogP contribution in [0, 0.1) is 0 Å². The SMILES string of the molecule is CNC(=O)CC[C@@]1(OC)CCCN(Cc2cnc[nH]2)C1. The number of ether oxygens (including phenoxy) is 1. The molecule has 0 bridgehead atoms. The standard InChI is InChI=1S/C14H24N4O2/c1-15-13(19)4-6-14(20-2)5-3-7-18(10-14)9-12-8-16-11-17-12/h8,11H,3-7,9-10H2,1-2H3,(H,15,19)(H,16,17)/t14-/m0/s1. The van der Waals surface area contributed by atoms with Crippen molar-refractivity contribution >= 4 is 5.91 Å². The predicted octanol–water partition coefficient (Wildman–Crippen LogP) is 0.917. The third kappa shape index (κ3) is 3.80. The van der Waals surface area contributed by atoms with Crippen LogP contribution in [0.25, 0.3) is 0 Å². The monoisotopic (exact) mass is 280 g/mol. The average molecular weight is 280 g/mol. The number of carbonyl (C=O) groups excluding carboxylic acids is 1. The van der Waals surface area contributed by atoms with E-state index in [9.17, 15) is 4.79 Å². The second kappa shape index (κ2) is 6.85. The first-order valence-corrected chi connectivity index (χ1v) is 7.13. The first kappa shape index (κ1) is 15.0. The second-order valence-electron chi connectivity index (χ2n) is 5.45. The molecule has 1 atom stereocenters. The molecule has 6 nitrogen and oxygen atoms in total.